The highest BCUT2D eigenvalue weighted by molar-refractivity contribution is 5.88. The molecule has 0 unspecified atom stereocenters. The zero-order chi connectivity index (χ0) is 14.4. The van der Waals surface area contributed by atoms with Gasteiger partial charge in [0.2, 0.25) is 0 Å². The summed E-state index contributed by atoms with van der Waals surface area (Å²) < 4.78 is 0. The molecule has 20 heavy (non-hydrogen) atoms. The van der Waals surface area contributed by atoms with Crippen LogP contribution in [0.2, 0.25) is 0 Å². The number of hydrogen-bond acceptors (Lipinski definition) is 4. The molecular formula is C12H13N5O3. The van der Waals surface area contributed by atoms with Gasteiger partial charge >= 0.3 is 12.0 Å². The van der Waals surface area contributed by atoms with Crippen molar-refractivity contribution in [1.29, 1.82) is 0 Å². The van der Waals surface area contributed by atoms with Gasteiger partial charge in [0.1, 0.15) is 0 Å². The minimum Gasteiger partial charge on any atom is -0.481 e. The van der Waals surface area contributed by atoms with E-state index in [1.165, 1.54) is 6.20 Å². The third kappa shape index (κ3) is 4.09. The number of aromatic nitrogens is 3. The number of rotatable bonds is 5. The monoisotopic (exact) mass is 275 g/mol. The highest BCUT2D eigenvalue weighted by atomic mass is 16.4. The molecule has 0 spiro atoms. The zero-order valence-corrected chi connectivity index (χ0v) is 10.5. The van der Waals surface area contributed by atoms with Crippen LogP contribution >= 0.6 is 0 Å². The number of carboxylic acids is 1. The summed E-state index contributed by atoms with van der Waals surface area (Å²) in [5, 5.41) is 20.3. The number of aromatic amines is 1. The van der Waals surface area contributed by atoms with E-state index < -0.39 is 5.97 Å². The van der Waals surface area contributed by atoms with Crippen LogP contribution in [0.15, 0.2) is 30.7 Å². The molecule has 0 aliphatic rings. The molecule has 0 saturated carbocycles. The highest BCUT2D eigenvalue weighted by Crippen LogP contribution is 2.06. The van der Waals surface area contributed by atoms with Crippen LogP contribution in [0.1, 0.15) is 11.3 Å². The van der Waals surface area contributed by atoms with Crippen molar-refractivity contribution in [2.24, 2.45) is 0 Å². The summed E-state index contributed by atoms with van der Waals surface area (Å²) in [6.07, 6.45) is 4.56. The third-order valence-electron chi connectivity index (χ3n) is 2.42. The SMILES string of the molecule is O=C(O)Cc1ccc(NC(=O)NCc2cn[nH]c2)cn1. The number of aliphatic carboxylic acids is 1. The van der Waals surface area contributed by atoms with Gasteiger partial charge < -0.3 is 15.7 Å². The number of carbonyl (C=O) groups is 2. The molecule has 2 amide bonds. The fourth-order valence-electron chi connectivity index (χ4n) is 1.49. The van der Waals surface area contributed by atoms with Gasteiger partial charge in [0.15, 0.2) is 0 Å². The molecule has 0 aromatic carbocycles. The van der Waals surface area contributed by atoms with Gasteiger partial charge in [-0.1, -0.05) is 0 Å². The van der Waals surface area contributed by atoms with Crippen molar-refractivity contribution in [2.75, 3.05) is 5.32 Å². The minimum absolute atomic E-state index is 0.146. The topological polar surface area (TPSA) is 120 Å². The molecule has 0 atom stereocenters. The number of anilines is 1. The minimum atomic E-state index is -0.948. The van der Waals surface area contributed by atoms with Crippen LogP contribution < -0.4 is 10.6 Å². The maximum Gasteiger partial charge on any atom is 0.319 e. The standard InChI is InChI=1S/C12H13N5O3/c18-11(19)3-9-1-2-10(7-13-9)17-12(20)14-4-8-5-15-16-6-8/h1-2,5-7H,3-4H2,(H,15,16)(H,18,19)(H2,14,17,20). The van der Waals surface area contributed by atoms with Crippen LogP contribution in [-0.2, 0) is 17.8 Å². The lowest BCUT2D eigenvalue weighted by Crippen LogP contribution is -2.28. The van der Waals surface area contributed by atoms with Crippen LogP contribution in [0.25, 0.3) is 0 Å². The van der Waals surface area contributed by atoms with Crippen molar-refractivity contribution in [3.8, 4) is 0 Å². The van der Waals surface area contributed by atoms with Crippen molar-refractivity contribution in [1.82, 2.24) is 20.5 Å². The normalized spacial score (nSPS) is 10.0. The summed E-state index contributed by atoms with van der Waals surface area (Å²) in [5.74, 6) is -0.948. The Kier molecular flexibility index (Phi) is 4.28. The molecule has 0 fully saturated rings. The zero-order valence-electron chi connectivity index (χ0n) is 10.5. The molecule has 2 aromatic heterocycles. The van der Waals surface area contributed by atoms with E-state index in [-0.39, 0.29) is 12.5 Å². The fraction of sp³-hybridized carbons (Fsp3) is 0.167. The summed E-state index contributed by atoms with van der Waals surface area (Å²) in [5.41, 5.74) is 1.78. The van der Waals surface area contributed by atoms with E-state index in [0.29, 0.717) is 17.9 Å². The number of carboxylic acid groups (broad SMARTS) is 1. The summed E-state index contributed by atoms with van der Waals surface area (Å²) in [7, 11) is 0. The largest absolute Gasteiger partial charge is 0.481 e. The van der Waals surface area contributed by atoms with Crippen molar-refractivity contribution >= 4 is 17.7 Å². The smallest absolute Gasteiger partial charge is 0.319 e. The van der Waals surface area contributed by atoms with Crippen molar-refractivity contribution in [3.63, 3.8) is 0 Å². The Balaban J connectivity index is 1.83. The maximum atomic E-state index is 11.6. The Bertz CT molecular complexity index is 580. The second-order valence-electron chi connectivity index (χ2n) is 4.02. The molecule has 2 aromatic rings. The highest BCUT2D eigenvalue weighted by Gasteiger charge is 2.04. The van der Waals surface area contributed by atoms with E-state index in [0.717, 1.165) is 5.56 Å². The van der Waals surface area contributed by atoms with Crippen LogP contribution in [0.3, 0.4) is 0 Å². The molecular weight excluding hydrogens is 262 g/mol. The third-order valence-corrected chi connectivity index (χ3v) is 2.42. The van der Waals surface area contributed by atoms with Gasteiger partial charge in [-0.25, -0.2) is 4.79 Å². The van der Waals surface area contributed by atoms with E-state index >= 15 is 0 Å². The number of nitrogens with one attached hydrogen (secondary N) is 3. The van der Waals surface area contributed by atoms with Gasteiger partial charge in [-0.3, -0.25) is 14.9 Å². The molecule has 8 nitrogen and oxygen atoms in total. The average Bonchev–Trinajstić information content (AvgIpc) is 2.91. The predicted molar refractivity (Wildman–Crippen MR) is 70.0 cm³/mol. The van der Waals surface area contributed by atoms with Gasteiger partial charge in [0, 0.05) is 18.3 Å². The molecule has 0 radical (unpaired) electrons. The number of hydrogen-bond donors (Lipinski definition) is 4. The Hall–Kier alpha value is -2.90. The summed E-state index contributed by atoms with van der Waals surface area (Å²) in [4.78, 5) is 26.0. The van der Waals surface area contributed by atoms with Gasteiger partial charge in [0.25, 0.3) is 0 Å². The second kappa shape index (κ2) is 6.32. The molecule has 2 heterocycles. The number of carbonyl (C=O) groups excluding carboxylic acids is 1. The number of nitrogens with zero attached hydrogens (tertiary/aromatic N) is 2. The predicted octanol–water partition coefficient (Wildman–Crippen LogP) is 0.754. The first-order valence-electron chi connectivity index (χ1n) is 5.83. The van der Waals surface area contributed by atoms with Crippen molar-refractivity contribution < 1.29 is 14.7 Å². The van der Waals surface area contributed by atoms with E-state index in [4.69, 9.17) is 5.11 Å². The molecule has 0 saturated heterocycles. The van der Waals surface area contributed by atoms with Crippen LogP contribution in [-0.4, -0.2) is 32.3 Å². The molecule has 104 valence electrons. The number of amides is 2. The van der Waals surface area contributed by atoms with E-state index in [1.807, 2.05) is 0 Å². The van der Waals surface area contributed by atoms with Crippen LogP contribution in [0.5, 0.6) is 0 Å². The Morgan fingerprint density at radius 3 is 2.75 bits per heavy atom. The molecule has 4 N–H and O–H groups in total. The first kappa shape index (κ1) is 13.5. The van der Waals surface area contributed by atoms with Gasteiger partial charge in [0.05, 0.1) is 30.2 Å². The summed E-state index contributed by atoms with van der Waals surface area (Å²) in [6.45, 7) is 0.354. The second-order valence-corrected chi connectivity index (χ2v) is 4.02. The lowest BCUT2D eigenvalue weighted by molar-refractivity contribution is -0.136. The molecule has 0 bridgehead atoms. The van der Waals surface area contributed by atoms with Gasteiger partial charge in [-0.05, 0) is 12.1 Å². The van der Waals surface area contributed by atoms with Gasteiger partial charge in [-0.15, -0.1) is 0 Å². The molecule has 8 heteroatoms. The molecule has 0 aliphatic carbocycles. The first-order valence-corrected chi connectivity index (χ1v) is 5.83. The number of pyridine rings is 1. The lowest BCUT2D eigenvalue weighted by Gasteiger charge is -2.06. The maximum absolute atomic E-state index is 11.6. The average molecular weight is 275 g/mol. The van der Waals surface area contributed by atoms with E-state index in [2.05, 4.69) is 25.8 Å². The Labute approximate surface area is 114 Å². The Morgan fingerprint density at radius 1 is 1.30 bits per heavy atom. The van der Waals surface area contributed by atoms with Crippen LogP contribution in [0.4, 0.5) is 10.5 Å². The fourth-order valence-corrected chi connectivity index (χ4v) is 1.49. The first-order chi connectivity index (χ1) is 9.63. The molecule has 2 rings (SSSR count). The molecule has 0 aliphatic heterocycles. The quantitative estimate of drug-likeness (QED) is 0.642. The number of urea groups is 1. The van der Waals surface area contributed by atoms with E-state index in [1.54, 1.807) is 24.5 Å². The van der Waals surface area contributed by atoms with Crippen molar-refractivity contribution in [2.45, 2.75) is 13.0 Å². The van der Waals surface area contributed by atoms with Crippen molar-refractivity contribution in [3.05, 3.63) is 42.0 Å². The van der Waals surface area contributed by atoms with Gasteiger partial charge in [-0.2, -0.15) is 5.10 Å². The Morgan fingerprint density at radius 2 is 2.15 bits per heavy atom. The lowest BCUT2D eigenvalue weighted by atomic mass is 10.2. The summed E-state index contributed by atoms with van der Waals surface area (Å²) in [6, 6.07) is 2.78. The number of H-pyrrole nitrogens is 1. The van der Waals surface area contributed by atoms with E-state index in [9.17, 15) is 9.59 Å². The van der Waals surface area contributed by atoms with Crippen LogP contribution in [0, 0.1) is 0 Å². The summed E-state index contributed by atoms with van der Waals surface area (Å²) >= 11 is 0.